The van der Waals surface area contributed by atoms with Crippen LogP contribution in [0.15, 0.2) is 36.4 Å². The van der Waals surface area contributed by atoms with Gasteiger partial charge in [-0.15, -0.1) is 0 Å². The predicted octanol–water partition coefficient (Wildman–Crippen LogP) is 4.98. The van der Waals surface area contributed by atoms with Crippen molar-refractivity contribution < 1.29 is 28.9 Å². The fourth-order valence-corrected chi connectivity index (χ4v) is 4.31. The minimum Gasteiger partial charge on any atom is -0.496 e. The molecule has 0 aliphatic carbocycles. The average molecular weight is 485 g/mol. The Kier molecular flexibility index (Phi) is 9.23. The molecule has 2 aromatic rings. The number of hydrogen-bond donors (Lipinski definition) is 1. The molecule has 1 unspecified atom stereocenters. The second-order valence-corrected chi connectivity index (χ2v) is 8.99. The quantitative estimate of drug-likeness (QED) is 0.428. The molecule has 2 aromatic carbocycles. The fourth-order valence-electron chi connectivity index (χ4n) is 4.31. The molecule has 3 rings (SSSR count). The lowest BCUT2D eigenvalue weighted by Crippen LogP contribution is -2.52. The molecule has 0 saturated carbocycles. The van der Waals surface area contributed by atoms with Crippen molar-refractivity contribution >= 4 is 17.7 Å². The number of urea groups is 1. The molecule has 1 atom stereocenters. The van der Waals surface area contributed by atoms with Crippen molar-refractivity contribution in [3.63, 3.8) is 0 Å². The summed E-state index contributed by atoms with van der Waals surface area (Å²) < 4.78 is 16.9. The number of hydrogen-bond acceptors (Lipinski definition) is 5. The van der Waals surface area contributed by atoms with Crippen LogP contribution in [0.25, 0.3) is 0 Å². The Hall–Kier alpha value is -3.42. The molecule has 1 fully saturated rings. The van der Waals surface area contributed by atoms with Crippen molar-refractivity contribution in [3.05, 3.63) is 47.5 Å². The van der Waals surface area contributed by atoms with E-state index < -0.39 is 5.97 Å². The van der Waals surface area contributed by atoms with Crippen LogP contribution in [0.3, 0.4) is 0 Å². The molecule has 8 nitrogen and oxygen atoms in total. The highest BCUT2D eigenvalue weighted by atomic mass is 16.5. The van der Waals surface area contributed by atoms with E-state index in [0.717, 1.165) is 30.5 Å². The summed E-state index contributed by atoms with van der Waals surface area (Å²) in [7, 11) is 3.16. The van der Waals surface area contributed by atoms with Crippen molar-refractivity contribution in [1.29, 1.82) is 0 Å². The lowest BCUT2D eigenvalue weighted by molar-refractivity contribution is -0.136. The van der Waals surface area contributed by atoms with Gasteiger partial charge in [-0.3, -0.25) is 9.69 Å². The van der Waals surface area contributed by atoms with Crippen molar-refractivity contribution in [1.82, 2.24) is 4.90 Å². The van der Waals surface area contributed by atoms with E-state index in [2.05, 4.69) is 13.8 Å². The summed E-state index contributed by atoms with van der Waals surface area (Å²) in [5, 5.41) is 9.07. The van der Waals surface area contributed by atoms with E-state index in [9.17, 15) is 9.59 Å². The Labute approximate surface area is 207 Å². The molecular weight excluding hydrogens is 448 g/mol. The zero-order valence-electron chi connectivity index (χ0n) is 21.1. The van der Waals surface area contributed by atoms with Crippen LogP contribution in [0.4, 0.5) is 10.5 Å². The van der Waals surface area contributed by atoms with E-state index in [0.29, 0.717) is 49.1 Å². The SMILES string of the molecule is CCCCCOc1cc(N2CC(C)CN(Cc3ccc(CC(=O)O)cc3OC)C2=O)ccc1OC. The van der Waals surface area contributed by atoms with Gasteiger partial charge in [-0.05, 0) is 36.1 Å². The number of methoxy groups -OCH3 is 2. The maximum atomic E-state index is 13.5. The maximum absolute atomic E-state index is 13.5. The van der Waals surface area contributed by atoms with E-state index in [-0.39, 0.29) is 18.4 Å². The average Bonchev–Trinajstić information content (AvgIpc) is 2.84. The van der Waals surface area contributed by atoms with E-state index in [1.165, 1.54) is 0 Å². The topological polar surface area (TPSA) is 88.5 Å². The van der Waals surface area contributed by atoms with Gasteiger partial charge < -0.3 is 24.2 Å². The van der Waals surface area contributed by atoms with E-state index in [1.807, 2.05) is 24.3 Å². The molecule has 35 heavy (non-hydrogen) atoms. The van der Waals surface area contributed by atoms with Gasteiger partial charge in [0, 0.05) is 30.4 Å². The summed E-state index contributed by atoms with van der Waals surface area (Å²) in [4.78, 5) is 28.1. The van der Waals surface area contributed by atoms with Gasteiger partial charge in [-0.1, -0.05) is 38.8 Å². The first-order valence-corrected chi connectivity index (χ1v) is 12.1. The molecule has 1 aliphatic heterocycles. The first kappa shape index (κ1) is 26.2. The molecule has 190 valence electrons. The van der Waals surface area contributed by atoms with Crippen LogP contribution < -0.4 is 19.1 Å². The number of aliphatic carboxylic acids is 1. The summed E-state index contributed by atoms with van der Waals surface area (Å²) in [6, 6.07) is 10.8. The van der Waals surface area contributed by atoms with E-state index in [4.69, 9.17) is 19.3 Å². The van der Waals surface area contributed by atoms with Crippen molar-refractivity contribution in [2.75, 3.05) is 38.8 Å². The first-order chi connectivity index (χ1) is 16.9. The molecule has 0 radical (unpaired) electrons. The number of unbranched alkanes of at least 4 members (excludes halogenated alkanes) is 2. The summed E-state index contributed by atoms with van der Waals surface area (Å²) in [6.07, 6.45) is 3.10. The van der Waals surface area contributed by atoms with Crippen molar-refractivity contribution in [2.45, 2.75) is 46.1 Å². The van der Waals surface area contributed by atoms with Crippen LogP contribution in [0.1, 0.15) is 44.2 Å². The number of carbonyl (C=O) groups is 2. The molecule has 1 aliphatic rings. The summed E-state index contributed by atoms with van der Waals surface area (Å²) in [5.41, 5.74) is 2.25. The maximum Gasteiger partial charge on any atom is 0.324 e. The Balaban J connectivity index is 1.80. The van der Waals surface area contributed by atoms with Gasteiger partial charge in [-0.2, -0.15) is 0 Å². The number of ether oxygens (including phenoxy) is 3. The van der Waals surface area contributed by atoms with Gasteiger partial charge in [0.05, 0.1) is 33.8 Å². The Morgan fingerprint density at radius 3 is 2.49 bits per heavy atom. The molecule has 0 aromatic heterocycles. The second-order valence-electron chi connectivity index (χ2n) is 8.99. The van der Waals surface area contributed by atoms with Crippen molar-refractivity contribution in [2.24, 2.45) is 5.92 Å². The number of amides is 2. The van der Waals surface area contributed by atoms with Gasteiger partial charge in [0.1, 0.15) is 5.75 Å². The normalized spacial score (nSPS) is 15.8. The Morgan fingerprint density at radius 2 is 1.80 bits per heavy atom. The number of rotatable bonds is 12. The Bertz CT molecular complexity index is 1020. The fraction of sp³-hybridized carbons (Fsp3) is 0.481. The van der Waals surface area contributed by atoms with Crippen LogP contribution in [0.2, 0.25) is 0 Å². The first-order valence-electron chi connectivity index (χ1n) is 12.1. The standard InChI is InChI=1S/C27H36N2O6/c1-5-6-7-12-35-25-15-22(10-11-23(25)33-3)29-17-19(2)16-28(27(29)32)18-21-9-8-20(14-26(30)31)13-24(21)34-4/h8-11,13,15,19H,5-7,12,14,16-18H2,1-4H3,(H,30,31). The number of benzene rings is 2. The number of nitrogens with zero attached hydrogens (tertiary/aromatic N) is 2. The molecule has 8 heteroatoms. The van der Waals surface area contributed by atoms with Crippen LogP contribution >= 0.6 is 0 Å². The Morgan fingerprint density at radius 1 is 1.03 bits per heavy atom. The third-order valence-corrected chi connectivity index (χ3v) is 6.06. The van der Waals surface area contributed by atoms with Crippen LogP contribution in [0, 0.1) is 5.92 Å². The highest BCUT2D eigenvalue weighted by Gasteiger charge is 2.32. The van der Waals surface area contributed by atoms with Crippen molar-refractivity contribution in [3.8, 4) is 17.2 Å². The van der Waals surface area contributed by atoms with Crippen LogP contribution in [-0.4, -0.2) is 55.9 Å². The van der Waals surface area contributed by atoms with Gasteiger partial charge in [0.25, 0.3) is 0 Å². The highest BCUT2D eigenvalue weighted by molar-refractivity contribution is 5.93. The molecule has 2 amide bonds. The summed E-state index contributed by atoms with van der Waals surface area (Å²) >= 11 is 0. The molecule has 0 bridgehead atoms. The van der Waals surface area contributed by atoms with E-state index in [1.54, 1.807) is 36.2 Å². The molecule has 0 spiro atoms. The van der Waals surface area contributed by atoms with Gasteiger partial charge in [-0.25, -0.2) is 4.79 Å². The predicted molar refractivity (Wildman–Crippen MR) is 135 cm³/mol. The molecule has 1 saturated heterocycles. The smallest absolute Gasteiger partial charge is 0.324 e. The molecule has 1 heterocycles. The second kappa shape index (κ2) is 12.3. The number of carboxylic acid groups (broad SMARTS) is 1. The van der Waals surface area contributed by atoms with Gasteiger partial charge in [0.2, 0.25) is 0 Å². The third-order valence-electron chi connectivity index (χ3n) is 6.06. The monoisotopic (exact) mass is 484 g/mol. The van der Waals surface area contributed by atoms with E-state index >= 15 is 0 Å². The largest absolute Gasteiger partial charge is 0.496 e. The molecular formula is C27H36N2O6. The minimum absolute atomic E-state index is 0.0790. The lowest BCUT2D eigenvalue weighted by atomic mass is 10.0. The zero-order valence-corrected chi connectivity index (χ0v) is 21.1. The van der Waals surface area contributed by atoms with Crippen LogP contribution in [0.5, 0.6) is 17.2 Å². The zero-order chi connectivity index (χ0) is 25.4. The minimum atomic E-state index is -0.899. The van der Waals surface area contributed by atoms with Crippen LogP contribution in [-0.2, 0) is 17.8 Å². The number of carboxylic acids is 1. The number of anilines is 1. The summed E-state index contributed by atoms with van der Waals surface area (Å²) in [5.74, 6) is 1.21. The summed E-state index contributed by atoms with van der Waals surface area (Å²) in [6.45, 7) is 6.45. The van der Waals surface area contributed by atoms with Gasteiger partial charge >= 0.3 is 12.0 Å². The lowest BCUT2D eigenvalue weighted by Gasteiger charge is -2.39. The number of carbonyl (C=O) groups excluding carboxylic acids is 1. The molecule has 1 N–H and O–H groups in total. The third kappa shape index (κ3) is 6.81. The van der Waals surface area contributed by atoms with Gasteiger partial charge in [0.15, 0.2) is 11.5 Å². The highest BCUT2D eigenvalue weighted by Crippen LogP contribution is 2.34.